The molecule has 0 aliphatic heterocycles. The topological polar surface area (TPSA) is 38.9 Å². The molecule has 0 bridgehead atoms. The third-order valence-corrected chi connectivity index (χ3v) is 3.71. The third-order valence-electron chi connectivity index (χ3n) is 2.60. The molecule has 0 saturated heterocycles. The first-order chi connectivity index (χ1) is 6.16. The molecule has 13 heavy (non-hydrogen) atoms. The lowest BCUT2D eigenvalue weighted by molar-refractivity contribution is 0.410. The van der Waals surface area contributed by atoms with Crippen molar-refractivity contribution in [2.24, 2.45) is 5.73 Å². The standard InChI is InChI=1S/C10H18N2S/c1-4-8-7-13-9(12-8)10(11,5-2)6-3/h7H,4-6,11H2,1-3H3. The first-order valence-corrected chi connectivity index (χ1v) is 5.78. The van der Waals surface area contributed by atoms with Gasteiger partial charge in [0.2, 0.25) is 0 Å². The summed E-state index contributed by atoms with van der Waals surface area (Å²) in [7, 11) is 0. The van der Waals surface area contributed by atoms with Gasteiger partial charge in [-0.25, -0.2) is 4.98 Å². The van der Waals surface area contributed by atoms with Crippen LogP contribution in [0.3, 0.4) is 0 Å². The van der Waals surface area contributed by atoms with Crippen molar-refractivity contribution in [1.29, 1.82) is 0 Å². The number of nitrogens with two attached hydrogens (primary N) is 1. The molecule has 1 rings (SSSR count). The lowest BCUT2D eigenvalue weighted by Gasteiger charge is -2.23. The van der Waals surface area contributed by atoms with Crippen molar-refractivity contribution in [1.82, 2.24) is 4.98 Å². The van der Waals surface area contributed by atoms with Crippen molar-refractivity contribution in [2.45, 2.75) is 45.6 Å². The van der Waals surface area contributed by atoms with E-state index in [1.165, 1.54) is 0 Å². The monoisotopic (exact) mass is 198 g/mol. The van der Waals surface area contributed by atoms with Crippen LogP contribution in [0.25, 0.3) is 0 Å². The molecule has 3 heteroatoms. The highest BCUT2D eigenvalue weighted by molar-refractivity contribution is 7.09. The molecule has 74 valence electrons. The van der Waals surface area contributed by atoms with Crippen LogP contribution >= 0.6 is 11.3 Å². The summed E-state index contributed by atoms with van der Waals surface area (Å²) < 4.78 is 0. The number of thiazole rings is 1. The highest BCUT2D eigenvalue weighted by Crippen LogP contribution is 2.28. The van der Waals surface area contributed by atoms with Crippen LogP contribution in [-0.2, 0) is 12.0 Å². The van der Waals surface area contributed by atoms with Gasteiger partial charge in [-0.1, -0.05) is 20.8 Å². The molecular formula is C10H18N2S. The van der Waals surface area contributed by atoms with E-state index in [1.807, 2.05) is 0 Å². The average Bonchev–Trinajstić information content (AvgIpc) is 2.65. The van der Waals surface area contributed by atoms with E-state index in [0.717, 1.165) is 30.0 Å². The summed E-state index contributed by atoms with van der Waals surface area (Å²) in [6, 6.07) is 0. The van der Waals surface area contributed by atoms with E-state index in [2.05, 4.69) is 31.1 Å². The summed E-state index contributed by atoms with van der Waals surface area (Å²) >= 11 is 1.69. The van der Waals surface area contributed by atoms with Crippen molar-refractivity contribution < 1.29 is 0 Å². The summed E-state index contributed by atoms with van der Waals surface area (Å²) in [6.07, 6.45) is 2.92. The Balaban J connectivity index is 2.91. The van der Waals surface area contributed by atoms with Gasteiger partial charge in [0, 0.05) is 5.38 Å². The Labute approximate surface area is 84.2 Å². The molecule has 0 fully saturated rings. The van der Waals surface area contributed by atoms with Crippen LogP contribution in [-0.4, -0.2) is 4.98 Å². The van der Waals surface area contributed by atoms with E-state index >= 15 is 0 Å². The average molecular weight is 198 g/mol. The fourth-order valence-corrected chi connectivity index (χ4v) is 2.41. The summed E-state index contributed by atoms with van der Waals surface area (Å²) in [5.41, 5.74) is 7.20. The van der Waals surface area contributed by atoms with Crippen LogP contribution < -0.4 is 5.73 Å². The largest absolute Gasteiger partial charge is 0.319 e. The van der Waals surface area contributed by atoms with E-state index < -0.39 is 0 Å². The lowest BCUT2D eigenvalue weighted by Crippen LogP contribution is -2.34. The highest BCUT2D eigenvalue weighted by Gasteiger charge is 2.26. The molecule has 0 aliphatic carbocycles. The molecule has 0 unspecified atom stereocenters. The predicted octanol–water partition coefficient (Wildman–Crippen LogP) is 2.68. The molecule has 0 aromatic carbocycles. The number of hydrogen-bond acceptors (Lipinski definition) is 3. The summed E-state index contributed by atoms with van der Waals surface area (Å²) in [4.78, 5) is 4.54. The van der Waals surface area contributed by atoms with Crippen LogP contribution in [0.4, 0.5) is 0 Å². The van der Waals surface area contributed by atoms with Gasteiger partial charge in [0.25, 0.3) is 0 Å². The van der Waals surface area contributed by atoms with Crippen LogP contribution in [0, 0.1) is 0 Å². The smallest absolute Gasteiger partial charge is 0.113 e. The van der Waals surface area contributed by atoms with Gasteiger partial charge in [0.15, 0.2) is 0 Å². The maximum Gasteiger partial charge on any atom is 0.113 e. The molecular weight excluding hydrogens is 180 g/mol. The number of nitrogens with zero attached hydrogens (tertiary/aromatic N) is 1. The Hall–Kier alpha value is -0.410. The third kappa shape index (κ3) is 2.09. The van der Waals surface area contributed by atoms with Crippen molar-refractivity contribution in [3.8, 4) is 0 Å². The zero-order valence-electron chi connectivity index (χ0n) is 8.63. The molecule has 0 saturated carbocycles. The molecule has 1 aromatic heterocycles. The number of rotatable bonds is 4. The molecule has 0 aliphatic rings. The second-order valence-electron chi connectivity index (χ2n) is 3.36. The quantitative estimate of drug-likeness (QED) is 0.808. The van der Waals surface area contributed by atoms with Gasteiger partial charge in [0.05, 0.1) is 11.2 Å². The first-order valence-electron chi connectivity index (χ1n) is 4.90. The van der Waals surface area contributed by atoms with E-state index in [-0.39, 0.29) is 5.54 Å². The van der Waals surface area contributed by atoms with Crippen LogP contribution in [0.1, 0.15) is 44.3 Å². The Bertz CT molecular complexity index is 264. The number of aromatic nitrogens is 1. The van der Waals surface area contributed by atoms with Gasteiger partial charge < -0.3 is 5.73 Å². The normalized spacial score (nSPS) is 12.0. The molecule has 1 aromatic rings. The summed E-state index contributed by atoms with van der Waals surface area (Å²) in [5, 5.41) is 3.21. The SMILES string of the molecule is CCc1csc(C(N)(CC)CC)n1. The lowest BCUT2D eigenvalue weighted by atomic mass is 9.95. The zero-order chi connectivity index (χ0) is 9.90. The second kappa shape index (κ2) is 4.20. The summed E-state index contributed by atoms with van der Waals surface area (Å²) in [6.45, 7) is 6.36. The Morgan fingerprint density at radius 3 is 2.38 bits per heavy atom. The van der Waals surface area contributed by atoms with Crippen molar-refractivity contribution in [3.63, 3.8) is 0 Å². The first kappa shape index (κ1) is 10.7. The molecule has 0 amide bonds. The van der Waals surface area contributed by atoms with Gasteiger partial charge in [-0.05, 0) is 19.3 Å². The Kier molecular flexibility index (Phi) is 3.45. The minimum absolute atomic E-state index is 0.196. The van der Waals surface area contributed by atoms with Crippen molar-refractivity contribution in [3.05, 3.63) is 16.1 Å². The Morgan fingerprint density at radius 1 is 1.38 bits per heavy atom. The van der Waals surface area contributed by atoms with Crippen LogP contribution in [0.2, 0.25) is 0 Å². The van der Waals surface area contributed by atoms with E-state index in [1.54, 1.807) is 11.3 Å². The molecule has 0 atom stereocenters. The number of aryl methyl sites for hydroxylation is 1. The van der Waals surface area contributed by atoms with Crippen molar-refractivity contribution in [2.75, 3.05) is 0 Å². The molecule has 2 N–H and O–H groups in total. The molecule has 0 radical (unpaired) electrons. The predicted molar refractivity (Wildman–Crippen MR) is 57.9 cm³/mol. The van der Waals surface area contributed by atoms with E-state index in [4.69, 9.17) is 5.73 Å². The maximum atomic E-state index is 6.23. The Morgan fingerprint density at radius 2 is 2.00 bits per heavy atom. The minimum Gasteiger partial charge on any atom is -0.319 e. The van der Waals surface area contributed by atoms with E-state index in [0.29, 0.717) is 0 Å². The van der Waals surface area contributed by atoms with Gasteiger partial charge >= 0.3 is 0 Å². The summed E-state index contributed by atoms with van der Waals surface area (Å²) in [5.74, 6) is 0. The van der Waals surface area contributed by atoms with Gasteiger partial charge in [-0.15, -0.1) is 11.3 Å². The zero-order valence-corrected chi connectivity index (χ0v) is 9.45. The van der Waals surface area contributed by atoms with E-state index in [9.17, 15) is 0 Å². The molecule has 1 heterocycles. The number of hydrogen-bond donors (Lipinski definition) is 1. The highest BCUT2D eigenvalue weighted by atomic mass is 32.1. The fraction of sp³-hybridized carbons (Fsp3) is 0.700. The molecule has 0 spiro atoms. The fourth-order valence-electron chi connectivity index (χ4n) is 1.25. The maximum absolute atomic E-state index is 6.23. The minimum atomic E-state index is -0.196. The van der Waals surface area contributed by atoms with Gasteiger partial charge in [-0.3, -0.25) is 0 Å². The van der Waals surface area contributed by atoms with Crippen LogP contribution in [0.5, 0.6) is 0 Å². The van der Waals surface area contributed by atoms with Crippen LogP contribution in [0.15, 0.2) is 5.38 Å². The van der Waals surface area contributed by atoms with Gasteiger partial charge in [-0.2, -0.15) is 0 Å². The van der Waals surface area contributed by atoms with Gasteiger partial charge in [0.1, 0.15) is 5.01 Å². The molecule has 2 nitrogen and oxygen atoms in total. The second-order valence-corrected chi connectivity index (χ2v) is 4.22. The van der Waals surface area contributed by atoms with Crippen molar-refractivity contribution >= 4 is 11.3 Å².